The second-order valence-corrected chi connectivity index (χ2v) is 12.8. The van der Waals surface area contributed by atoms with E-state index in [-0.39, 0.29) is 25.0 Å². The largest absolute Gasteiger partial charge is 0.490 e. The highest BCUT2D eigenvalue weighted by Crippen LogP contribution is 2.43. The first-order valence-corrected chi connectivity index (χ1v) is 16.0. The third-order valence-corrected chi connectivity index (χ3v) is 8.38. The number of nitrogens with one attached hydrogen (secondary N) is 2. The van der Waals surface area contributed by atoms with Gasteiger partial charge in [0.1, 0.15) is 6.04 Å². The number of benzene rings is 2. The predicted molar refractivity (Wildman–Crippen MR) is 175 cm³/mol. The number of alkyl halides is 3. The molecule has 0 unspecified atom stereocenters. The third kappa shape index (κ3) is 10.3. The Balaban J connectivity index is 0.000000804. The van der Waals surface area contributed by atoms with Gasteiger partial charge >= 0.3 is 12.1 Å². The Hall–Kier alpha value is -3.94. The van der Waals surface area contributed by atoms with Gasteiger partial charge in [-0.2, -0.15) is 13.2 Å². The standard InChI is InChI=1S/C32H41ClN4O4.C2HF3O2/c1-4-37(29(39)26(35-30(40)31(2,3)34)21-41-20-22-12-7-5-8-13-22)19-25-27(23-14-11-15-24(33)18-23)28(38)36-32(25)16-9-6-10-17-32;3-2(4,5)1(6)7/h5,7-8,11-15,18,26H,4,6,9-10,16-17,19-21,34H2,1-3H3,(H,35,40)(H,36,38);(H,6,7)/t26-;/m1./s1. The molecule has 1 aliphatic carbocycles. The summed E-state index contributed by atoms with van der Waals surface area (Å²) in [5.74, 6) is -3.64. The van der Waals surface area contributed by atoms with Crippen LogP contribution in [0.2, 0.25) is 5.02 Å². The molecule has 14 heteroatoms. The van der Waals surface area contributed by atoms with Crippen LogP contribution in [0.15, 0.2) is 60.2 Å². The molecular weight excluding hydrogens is 653 g/mol. The van der Waals surface area contributed by atoms with Crippen LogP contribution >= 0.6 is 11.6 Å². The number of carbonyl (C=O) groups is 4. The fourth-order valence-electron chi connectivity index (χ4n) is 5.64. The van der Waals surface area contributed by atoms with Gasteiger partial charge in [0.05, 0.1) is 24.3 Å². The molecule has 0 radical (unpaired) electrons. The first kappa shape index (κ1) is 38.5. The fraction of sp³-hybridized carbons (Fsp3) is 0.471. The monoisotopic (exact) mass is 694 g/mol. The van der Waals surface area contributed by atoms with E-state index < -0.39 is 35.2 Å². The molecule has 5 N–H and O–H groups in total. The molecule has 1 heterocycles. The molecule has 2 aliphatic rings. The summed E-state index contributed by atoms with van der Waals surface area (Å²) < 4.78 is 37.7. The van der Waals surface area contributed by atoms with Crippen molar-refractivity contribution in [3.63, 3.8) is 0 Å². The van der Waals surface area contributed by atoms with E-state index in [0.717, 1.165) is 48.8 Å². The van der Waals surface area contributed by atoms with Gasteiger partial charge < -0.3 is 31.1 Å². The highest BCUT2D eigenvalue weighted by atomic mass is 35.5. The van der Waals surface area contributed by atoms with Crippen molar-refractivity contribution in [1.29, 1.82) is 0 Å². The van der Waals surface area contributed by atoms with Gasteiger partial charge in [0.2, 0.25) is 11.8 Å². The number of carbonyl (C=O) groups excluding carboxylic acids is 3. The summed E-state index contributed by atoms with van der Waals surface area (Å²) in [6.07, 6.45) is -0.374. The molecule has 4 rings (SSSR count). The number of nitrogens with two attached hydrogens (primary N) is 1. The van der Waals surface area contributed by atoms with Crippen LogP contribution in [0.25, 0.3) is 5.57 Å². The topological polar surface area (TPSA) is 151 Å². The Morgan fingerprint density at radius 1 is 1.08 bits per heavy atom. The van der Waals surface area contributed by atoms with Gasteiger partial charge in [-0.3, -0.25) is 14.4 Å². The van der Waals surface area contributed by atoms with E-state index in [4.69, 9.17) is 32.0 Å². The Morgan fingerprint density at radius 2 is 1.71 bits per heavy atom. The Kier molecular flexibility index (Phi) is 13.2. The van der Waals surface area contributed by atoms with E-state index >= 15 is 0 Å². The SMILES string of the molecule is CCN(CC1=C(c2cccc(Cl)c2)C(=O)NC12CCCCC2)C(=O)[C@@H](COCc1ccccc1)NC(=O)C(C)(C)N.O=C(O)C(F)(F)F. The molecule has 10 nitrogen and oxygen atoms in total. The first-order chi connectivity index (χ1) is 22.5. The van der Waals surface area contributed by atoms with Gasteiger partial charge in [-0.25, -0.2) is 4.79 Å². The van der Waals surface area contributed by atoms with Crippen molar-refractivity contribution < 1.29 is 42.2 Å². The Morgan fingerprint density at radius 3 is 2.25 bits per heavy atom. The number of hydrogen-bond donors (Lipinski definition) is 4. The minimum Gasteiger partial charge on any atom is -0.475 e. The highest BCUT2D eigenvalue weighted by molar-refractivity contribution is 6.31. The lowest BCUT2D eigenvalue weighted by molar-refractivity contribution is -0.192. The van der Waals surface area contributed by atoms with Crippen molar-refractivity contribution in [3.05, 3.63) is 76.3 Å². The number of ether oxygens (including phenoxy) is 1. The predicted octanol–water partition coefficient (Wildman–Crippen LogP) is 4.85. The normalized spacial score (nSPS) is 16.5. The number of halogens is 4. The zero-order valence-electron chi connectivity index (χ0n) is 27.2. The van der Waals surface area contributed by atoms with Crippen molar-refractivity contribution in [2.24, 2.45) is 5.73 Å². The number of rotatable bonds is 11. The summed E-state index contributed by atoms with van der Waals surface area (Å²) in [6.45, 7) is 5.98. The van der Waals surface area contributed by atoms with Crippen LogP contribution in [0.3, 0.4) is 0 Å². The molecule has 1 aliphatic heterocycles. The Bertz CT molecular complexity index is 1490. The zero-order chi connectivity index (χ0) is 35.7. The van der Waals surface area contributed by atoms with E-state index in [2.05, 4.69) is 10.6 Å². The van der Waals surface area contributed by atoms with E-state index in [1.54, 1.807) is 30.9 Å². The van der Waals surface area contributed by atoms with Crippen molar-refractivity contribution in [3.8, 4) is 0 Å². The molecule has 2 aromatic carbocycles. The van der Waals surface area contributed by atoms with Crippen LogP contribution < -0.4 is 16.4 Å². The minimum atomic E-state index is -5.08. The summed E-state index contributed by atoms with van der Waals surface area (Å²) in [7, 11) is 0. The van der Waals surface area contributed by atoms with Crippen LogP contribution in [0.4, 0.5) is 13.2 Å². The molecule has 262 valence electrons. The third-order valence-electron chi connectivity index (χ3n) is 8.15. The molecule has 1 spiro atoms. The van der Waals surface area contributed by atoms with Gasteiger partial charge in [-0.1, -0.05) is 73.3 Å². The summed E-state index contributed by atoms with van der Waals surface area (Å²) >= 11 is 6.32. The number of nitrogens with zero attached hydrogens (tertiary/aromatic N) is 1. The maximum absolute atomic E-state index is 14.1. The van der Waals surface area contributed by atoms with Crippen molar-refractivity contribution in [1.82, 2.24) is 15.5 Å². The molecule has 0 aromatic heterocycles. The maximum Gasteiger partial charge on any atom is 0.490 e. The summed E-state index contributed by atoms with van der Waals surface area (Å²) in [4.78, 5) is 51.0. The number of amides is 3. The molecule has 48 heavy (non-hydrogen) atoms. The van der Waals surface area contributed by atoms with Crippen LogP contribution in [-0.4, -0.2) is 76.7 Å². The smallest absolute Gasteiger partial charge is 0.475 e. The molecule has 0 saturated heterocycles. The second kappa shape index (κ2) is 16.4. The van der Waals surface area contributed by atoms with Crippen molar-refractivity contribution in [2.75, 3.05) is 19.7 Å². The van der Waals surface area contributed by atoms with Gasteiger partial charge in [-0.15, -0.1) is 0 Å². The Labute approximate surface area is 282 Å². The first-order valence-electron chi connectivity index (χ1n) is 15.6. The second-order valence-electron chi connectivity index (χ2n) is 12.4. The lowest BCUT2D eigenvalue weighted by Gasteiger charge is -2.38. The van der Waals surface area contributed by atoms with E-state index in [1.165, 1.54) is 0 Å². The molecule has 1 atom stereocenters. The molecule has 2 aromatic rings. The number of hydrogen-bond acceptors (Lipinski definition) is 6. The fourth-order valence-corrected chi connectivity index (χ4v) is 5.83. The van der Waals surface area contributed by atoms with Crippen LogP contribution in [0, 0.1) is 0 Å². The summed E-state index contributed by atoms with van der Waals surface area (Å²) in [5.41, 5.74) is 7.53. The van der Waals surface area contributed by atoms with Crippen LogP contribution in [0.5, 0.6) is 0 Å². The molecule has 0 bridgehead atoms. The molecule has 3 amide bonds. The minimum absolute atomic E-state index is 0.0193. The van der Waals surface area contributed by atoms with Gasteiger partial charge in [0.25, 0.3) is 5.91 Å². The molecular formula is C34H42ClF3N4O6. The number of likely N-dealkylation sites (N-methyl/N-ethyl adjacent to an activating group) is 1. The summed E-state index contributed by atoms with van der Waals surface area (Å²) in [6, 6.07) is 16.0. The lowest BCUT2D eigenvalue weighted by Crippen LogP contribution is -2.58. The lowest BCUT2D eigenvalue weighted by atomic mass is 9.76. The van der Waals surface area contributed by atoms with Crippen LogP contribution in [-0.2, 0) is 30.5 Å². The number of carboxylic acids is 1. The highest BCUT2D eigenvalue weighted by Gasteiger charge is 2.46. The van der Waals surface area contributed by atoms with E-state index in [0.29, 0.717) is 23.7 Å². The molecule has 1 saturated carbocycles. The quantitative estimate of drug-likeness (QED) is 0.263. The van der Waals surface area contributed by atoms with Gasteiger partial charge in [0, 0.05) is 23.7 Å². The van der Waals surface area contributed by atoms with Crippen LogP contribution in [0.1, 0.15) is 64.0 Å². The van der Waals surface area contributed by atoms with Gasteiger partial charge in [-0.05, 0) is 62.4 Å². The maximum atomic E-state index is 14.1. The average Bonchev–Trinajstić information content (AvgIpc) is 3.28. The summed E-state index contributed by atoms with van der Waals surface area (Å²) in [5, 5.41) is 13.8. The van der Waals surface area contributed by atoms with Crippen molar-refractivity contribution in [2.45, 2.75) is 82.8 Å². The average molecular weight is 695 g/mol. The van der Waals surface area contributed by atoms with E-state index in [1.807, 2.05) is 49.4 Å². The number of carboxylic acid groups (broad SMARTS) is 1. The number of aliphatic carboxylic acids is 1. The van der Waals surface area contributed by atoms with E-state index in [9.17, 15) is 27.6 Å². The van der Waals surface area contributed by atoms with Crippen molar-refractivity contribution >= 4 is 40.9 Å². The van der Waals surface area contributed by atoms with Gasteiger partial charge in [0.15, 0.2) is 0 Å². The molecule has 1 fully saturated rings. The zero-order valence-corrected chi connectivity index (χ0v) is 27.9.